The lowest BCUT2D eigenvalue weighted by Crippen LogP contribution is -2.56. The summed E-state index contributed by atoms with van der Waals surface area (Å²) < 4.78 is 5.61. The van der Waals surface area contributed by atoms with E-state index in [1.807, 2.05) is 20.8 Å². The second-order valence-corrected chi connectivity index (χ2v) is 11.7. The Balaban J connectivity index is 1.42. The SMILES string of the molecule is CC(C)(C)OC(=O)N1CCN(c2nc(Cl)nc3c2CCC2(CCCc4ccccc42)C3)C[C@@H]1CC#N. The zero-order valence-electron chi connectivity index (χ0n) is 21.4. The van der Waals surface area contributed by atoms with Crippen LogP contribution in [-0.2, 0) is 29.4 Å². The average Bonchev–Trinajstić information content (AvgIpc) is 2.83. The van der Waals surface area contributed by atoms with Gasteiger partial charge in [0.1, 0.15) is 11.4 Å². The number of rotatable bonds is 2. The molecule has 2 aromatic rings. The van der Waals surface area contributed by atoms with Crippen molar-refractivity contribution in [1.82, 2.24) is 14.9 Å². The van der Waals surface area contributed by atoms with E-state index in [0.29, 0.717) is 19.6 Å². The number of benzene rings is 1. The van der Waals surface area contributed by atoms with Crippen LogP contribution in [-0.4, -0.2) is 52.2 Å². The van der Waals surface area contributed by atoms with Crippen molar-refractivity contribution in [3.8, 4) is 6.07 Å². The quantitative estimate of drug-likeness (QED) is 0.517. The highest BCUT2D eigenvalue weighted by Gasteiger charge is 2.42. The zero-order valence-corrected chi connectivity index (χ0v) is 22.1. The Bertz CT molecular complexity index is 1200. The van der Waals surface area contributed by atoms with Crippen LogP contribution in [0.5, 0.6) is 0 Å². The van der Waals surface area contributed by atoms with E-state index in [1.165, 1.54) is 24.0 Å². The minimum atomic E-state index is -0.585. The van der Waals surface area contributed by atoms with Crippen LogP contribution in [0.15, 0.2) is 24.3 Å². The Morgan fingerprint density at radius 1 is 1.22 bits per heavy atom. The molecule has 1 amide bonds. The van der Waals surface area contributed by atoms with E-state index in [-0.39, 0.29) is 29.3 Å². The standard InChI is InChI=1S/C28H34ClN5O2/c1-27(2,3)36-26(35)34-16-15-33(18-20(34)11-14-30)24-21-10-13-28(17-23(21)31-25(29)32-24)12-6-8-19-7-4-5-9-22(19)28/h4-5,7,9,20H,6,8,10-13,15-18H2,1-3H3/t20-,28?/m0/s1. The lowest BCUT2D eigenvalue weighted by Gasteiger charge is -2.44. The number of aryl methyl sites for hydroxylation is 1. The second-order valence-electron chi connectivity index (χ2n) is 11.3. The maximum Gasteiger partial charge on any atom is 0.410 e. The second kappa shape index (κ2) is 9.55. The number of amides is 1. The molecule has 1 aromatic carbocycles. The van der Waals surface area contributed by atoms with Crippen molar-refractivity contribution < 1.29 is 9.53 Å². The van der Waals surface area contributed by atoms with Crippen LogP contribution in [0, 0.1) is 11.3 Å². The Kier molecular flexibility index (Phi) is 6.59. The molecule has 8 heteroatoms. The van der Waals surface area contributed by atoms with Crippen LogP contribution in [0.4, 0.5) is 10.6 Å². The topological polar surface area (TPSA) is 82.3 Å². The predicted molar refractivity (Wildman–Crippen MR) is 139 cm³/mol. The van der Waals surface area contributed by atoms with Crippen molar-refractivity contribution in [1.29, 1.82) is 5.26 Å². The number of nitrogens with zero attached hydrogens (tertiary/aromatic N) is 5. The molecule has 5 rings (SSSR count). The number of carbonyl (C=O) groups is 1. The van der Waals surface area contributed by atoms with E-state index in [1.54, 1.807) is 4.90 Å². The highest BCUT2D eigenvalue weighted by atomic mass is 35.5. The molecule has 1 spiro atoms. The van der Waals surface area contributed by atoms with Gasteiger partial charge in [0.2, 0.25) is 5.28 Å². The Morgan fingerprint density at radius 3 is 2.81 bits per heavy atom. The van der Waals surface area contributed by atoms with E-state index in [4.69, 9.17) is 21.3 Å². The van der Waals surface area contributed by atoms with Gasteiger partial charge in [-0.25, -0.2) is 14.8 Å². The number of hydrogen-bond acceptors (Lipinski definition) is 6. The summed E-state index contributed by atoms with van der Waals surface area (Å²) in [4.78, 5) is 26.1. The fraction of sp³-hybridized carbons (Fsp3) is 0.571. The van der Waals surface area contributed by atoms with E-state index in [2.05, 4.69) is 40.2 Å². The third-order valence-corrected chi connectivity index (χ3v) is 8.00. The molecule has 1 saturated heterocycles. The number of fused-ring (bicyclic) bond motifs is 3. The van der Waals surface area contributed by atoms with Crippen LogP contribution in [0.2, 0.25) is 5.28 Å². The highest BCUT2D eigenvalue weighted by Crippen LogP contribution is 2.47. The molecule has 2 aliphatic carbocycles. The van der Waals surface area contributed by atoms with Gasteiger partial charge >= 0.3 is 6.09 Å². The maximum atomic E-state index is 12.8. The van der Waals surface area contributed by atoms with Gasteiger partial charge in [-0.1, -0.05) is 24.3 Å². The fourth-order valence-electron chi connectivity index (χ4n) is 6.26. The Morgan fingerprint density at radius 2 is 2.03 bits per heavy atom. The molecule has 0 N–H and O–H groups in total. The summed E-state index contributed by atoms with van der Waals surface area (Å²) in [5.74, 6) is 0.857. The van der Waals surface area contributed by atoms with Gasteiger partial charge in [0.25, 0.3) is 0 Å². The molecule has 1 fully saturated rings. The van der Waals surface area contributed by atoms with Crippen molar-refractivity contribution >= 4 is 23.5 Å². The number of halogens is 1. The molecule has 0 bridgehead atoms. The van der Waals surface area contributed by atoms with Gasteiger partial charge in [0.05, 0.1) is 24.2 Å². The van der Waals surface area contributed by atoms with Gasteiger partial charge in [0.15, 0.2) is 0 Å². The number of carbonyl (C=O) groups excluding carboxylic acids is 1. The molecular formula is C28H34ClN5O2. The summed E-state index contributed by atoms with van der Waals surface area (Å²) in [6.45, 7) is 7.15. The third-order valence-electron chi connectivity index (χ3n) is 7.83. The highest BCUT2D eigenvalue weighted by molar-refractivity contribution is 6.28. The molecule has 2 heterocycles. The first-order valence-corrected chi connectivity index (χ1v) is 13.3. The molecule has 190 valence electrons. The van der Waals surface area contributed by atoms with E-state index in [9.17, 15) is 10.1 Å². The molecule has 0 radical (unpaired) electrons. The Labute approximate surface area is 218 Å². The molecule has 0 saturated carbocycles. The summed E-state index contributed by atoms with van der Waals surface area (Å²) >= 11 is 6.49. The lowest BCUT2D eigenvalue weighted by molar-refractivity contribution is 0.0144. The summed E-state index contributed by atoms with van der Waals surface area (Å²) in [5, 5.41) is 9.73. The molecule has 2 atom stereocenters. The van der Waals surface area contributed by atoms with Crippen molar-refractivity contribution in [3.63, 3.8) is 0 Å². The van der Waals surface area contributed by atoms with Crippen LogP contribution in [0.1, 0.15) is 68.8 Å². The Hall–Kier alpha value is -2.85. The third kappa shape index (κ3) is 4.76. The molecule has 1 aromatic heterocycles. The molecule has 1 aliphatic heterocycles. The average molecular weight is 508 g/mol. The fourth-order valence-corrected chi connectivity index (χ4v) is 6.45. The predicted octanol–water partition coefficient (Wildman–Crippen LogP) is 5.23. The van der Waals surface area contributed by atoms with E-state index in [0.717, 1.165) is 42.8 Å². The van der Waals surface area contributed by atoms with Gasteiger partial charge in [-0.05, 0) is 82.0 Å². The zero-order chi connectivity index (χ0) is 25.5. The van der Waals surface area contributed by atoms with Gasteiger partial charge in [-0.3, -0.25) is 0 Å². The van der Waals surface area contributed by atoms with Gasteiger partial charge in [0, 0.05) is 30.6 Å². The first-order chi connectivity index (χ1) is 17.2. The molecule has 3 aliphatic rings. The minimum Gasteiger partial charge on any atom is -0.444 e. The number of aromatic nitrogens is 2. The van der Waals surface area contributed by atoms with Crippen LogP contribution < -0.4 is 4.90 Å². The van der Waals surface area contributed by atoms with Gasteiger partial charge < -0.3 is 14.5 Å². The number of ether oxygens (including phenoxy) is 1. The summed E-state index contributed by atoms with van der Waals surface area (Å²) in [5.41, 5.74) is 4.66. The lowest BCUT2D eigenvalue weighted by atomic mass is 9.62. The van der Waals surface area contributed by atoms with Crippen LogP contribution >= 0.6 is 11.6 Å². The smallest absolute Gasteiger partial charge is 0.410 e. The number of anilines is 1. The first-order valence-electron chi connectivity index (χ1n) is 12.9. The molecule has 1 unspecified atom stereocenters. The first kappa shape index (κ1) is 24.8. The largest absolute Gasteiger partial charge is 0.444 e. The van der Waals surface area contributed by atoms with E-state index < -0.39 is 5.60 Å². The number of nitriles is 1. The van der Waals surface area contributed by atoms with Crippen molar-refractivity contribution in [3.05, 3.63) is 51.9 Å². The number of piperazine rings is 1. The van der Waals surface area contributed by atoms with Crippen LogP contribution in [0.25, 0.3) is 0 Å². The minimum absolute atomic E-state index is 0.107. The van der Waals surface area contributed by atoms with Gasteiger partial charge in [-0.2, -0.15) is 5.26 Å². The monoisotopic (exact) mass is 507 g/mol. The van der Waals surface area contributed by atoms with Crippen molar-refractivity contribution in [2.45, 2.75) is 82.8 Å². The number of hydrogen-bond donors (Lipinski definition) is 0. The summed E-state index contributed by atoms with van der Waals surface area (Å²) in [7, 11) is 0. The normalized spacial score (nSPS) is 23.6. The molecule has 36 heavy (non-hydrogen) atoms. The molecule has 7 nitrogen and oxygen atoms in total. The van der Waals surface area contributed by atoms with Gasteiger partial charge in [-0.15, -0.1) is 0 Å². The summed E-state index contributed by atoms with van der Waals surface area (Å²) in [6.07, 6.45) is 6.19. The maximum absolute atomic E-state index is 12.8. The van der Waals surface area contributed by atoms with E-state index >= 15 is 0 Å². The molecular weight excluding hydrogens is 474 g/mol. The van der Waals surface area contributed by atoms with Crippen molar-refractivity contribution in [2.24, 2.45) is 0 Å². The van der Waals surface area contributed by atoms with Crippen molar-refractivity contribution in [2.75, 3.05) is 24.5 Å². The van der Waals surface area contributed by atoms with Crippen LogP contribution in [0.3, 0.4) is 0 Å². The summed E-state index contributed by atoms with van der Waals surface area (Å²) in [6, 6.07) is 10.8.